The summed E-state index contributed by atoms with van der Waals surface area (Å²) in [4.78, 5) is 16.4. The van der Waals surface area contributed by atoms with E-state index in [0.29, 0.717) is 22.4 Å². The van der Waals surface area contributed by atoms with Crippen molar-refractivity contribution < 1.29 is 17.6 Å². The molecule has 0 aliphatic rings. The summed E-state index contributed by atoms with van der Waals surface area (Å²) in [5.41, 5.74) is 2.19. The molecule has 1 aromatic heterocycles. The maximum Gasteiger partial charge on any atom is 0.255 e. The highest BCUT2D eigenvalue weighted by atomic mass is 32.2. The van der Waals surface area contributed by atoms with E-state index >= 15 is 0 Å². The molecular formula is C16H15N3O4S. The van der Waals surface area contributed by atoms with Crippen molar-refractivity contribution in [3.05, 3.63) is 54.4 Å². The molecule has 2 aromatic carbocycles. The summed E-state index contributed by atoms with van der Waals surface area (Å²) in [5.74, 6) is -0.345. The number of hydrogen-bond donors (Lipinski definition) is 1. The molecule has 1 amide bonds. The van der Waals surface area contributed by atoms with Crippen molar-refractivity contribution >= 4 is 32.7 Å². The molecule has 0 atom stereocenters. The fraction of sp³-hybridized carbons (Fsp3) is 0.125. The largest absolute Gasteiger partial charge is 0.443 e. The summed E-state index contributed by atoms with van der Waals surface area (Å²) in [7, 11) is -0.606. The highest BCUT2D eigenvalue weighted by molar-refractivity contribution is 7.89. The average molecular weight is 345 g/mol. The first-order valence-corrected chi connectivity index (χ1v) is 8.49. The van der Waals surface area contributed by atoms with Crippen molar-refractivity contribution in [1.82, 2.24) is 9.29 Å². The lowest BCUT2D eigenvalue weighted by molar-refractivity contribution is 0.102. The normalized spacial score (nSPS) is 11.8. The predicted molar refractivity (Wildman–Crippen MR) is 89.3 cm³/mol. The van der Waals surface area contributed by atoms with Gasteiger partial charge in [-0.2, -0.15) is 0 Å². The number of fused-ring (bicyclic) bond motifs is 1. The van der Waals surface area contributed by atoms with Gasteiger partial charge in [0, 0.05) is 31.4 Å². The number of carbonyl (C=O) groups excluding carboxylic acids is 1. The molecule has 24 heavy (non-hydrogen) atoms. The SMILES string of the molecule is CN(C)S(=O)(=O)c1ccc(C(=O)Nc2ccc3ncoc3c2)cc1. The van der Waals surface area contributed by atoms with E-state index in [-0.39, 0.29) is 10.8 Å². The van der Waals surface area contributed by atoms with Crippen LogP contribution in [0.1, 0.15) is 10.4 Å². The molecule has 0 saturated heterocycles. The van der Waals surface area contributed by atoms with Crippen molar-refractivity contribution in [1.29, 1.82) is 0 Å². The molecule has 8 heteroatoms. The number of anilines is 1. The summed E-state index contributed by atoms with van der Waals surface area (Å²) < 4.78 is 30.3. The molecule has 0 aliphatic heterocycles. The molecule has 3 aromatic rings. The lowest BCUT2D eigenvalue weighted by Crippen LogP contribution is -2.22. The van der Waals surface area contributed by atoms with Crippen molar-refractivity contribution in [3.8, 4) is 0 Å². The fourth-order valence-electron chi connectivity index (χ4n) is 2.13. The van der Waals surface area contributed by atoms with Gasteiger partial charge in [0.1, 0.15) is 5.52 Å². The Hall–Kier alpha value is -2.71. The number of amides is 1. The number of aromatic nitrogens is 1. The number of nitrogens with one attached hydrogen (secondary N) is 1. The van der Waals surface area contributed by atoms with Crippen LogP contribution in [0.5, 0.6) is 0 Å². The van der Waals surface area contributed by atoms with Gasteiger partial charge in [-0.1, -0.05) is 0 Å². The fourth-order valence-corrected chi connectivity index (χ4v) is 3.03. The van der Waals surface area contributed by atoms with Gasteiger partial charge in [-0.15, -0.1) is 0 Å². The van der Waals surface area contributed by atoms with E-state index in [2.05, 4.69) is 10.3 Å². The third-order valence-corrected chi connectivity index (χ3v) is 5.31. The van der Waals surface area contributed by atoms with E-state index in [1.807, 2.05) is 0 Å². The van der Waals surface area contributed by atoms with Gasteiger partial charge in [-0.05, 0) is 36.4 Å². The van der Waals surface area contributed by atoms with Gasteiger partial charge in [0.25, 0.3) is 5.91 Å². The Bertz CT molecular complexity index is 992. The van der Waals surface area contributed by atoms with Crippen LogP contribution < -0.4 is 5.32 Å². The monoisotopic (exact) mass is 345 g/mol. The van der Waals surface area contributed by atoms with Crippen molar-refractivity contribution in [2.75, 3.05) is 19.4 Å². The van der Waals surface area contributed by atoms with Gasteiger partial charge in [0.05, 0.1) is 4.90 Å². The third kappa shape index (κ3) is 3.01. The van der Waals surface area contributed by atoms with Crippen LogP contribution in [0, 0.1) is 0 Å². The molecule has 1 N–H and O–H groups in total. The second kappa shape index (κ2) is 6.06. The van der Waals surface area contributed by atoms with Gasteiger partial charge in [0.15, 0.2) is 12.0 Å². The highest BCUT2D eigenvalue weighted by Crippen LogP contribution is 2.19. The number of oxazole rings is 1. The van der Waals surface area contributed by atoms with Crippen molar-refractivity contribution in [2.45, 2.75) is 4.90 Å². The smallest absolute Gasteiger partial charge is 0.255 e. The molecule has 1 heterocycles. The van der Waals surface area contributed by atoms with E-state index in [4.69, 9.17) is 4.42 Å². The second-order valence-electron chi connectivity index (χ2n) is 5.30. The van der Waals surface area contributed by atoms with Gasteiger partial charge in [-0.25, -0.2) is 17.7 Å². The summed E-state index contributed by atoms with van der Waals surface area (Å²) in [6, 6.07) is 10.9. The molecule has 7 nitrogen and oxygen atoms in total. The Morgan fingerprint density at radius 3 is 2.50 bits per heavy atom. The number of carbonyl (C=O) groups is 1. The minimum atomic E-state index is -3.51. The van der Waals surface area contributed by atoms with Gasteiger partial charge in [0.2, 0.25) is 10.0 Å². The molecule has 0 fully saturated rings. The first kappa shape index (κ1) is 16.2. The first-order valence-electron chi connectivity index (χ1n) is 7.05. The van der Waals surface area contributed by atoms with E-state index < -0.39 is 10.0 Å². The molecule has 0 radical (unpaired) electrons. The molecule has 3 rings (SSSR count). The van der Waals surface area contributed by atoms with Crippen LogP contribution >= 0.6 is 0 Å². The van der Waals surface area contributed by atoms with Gasteiger partial charge < -0.3 is 9.73 Å². The number of nitrogens with zero attached hydrogens (tertiary/aromatic N) is 2. The summed E-state index contributed by atoms with van der Waals surface area (Å²) in [5, 5.41) is 2.73. The quantitative estimate of drug-likeness (QED) is 0.783. The zero-order valence-corrected chi connectivity index (χ0v) is 13.9. The Kier molecular flexibility index (Phi) is 4.08. The van der Waals surface area contributed by atoms with Gasteiger partial charge in [-0.3, -0.25) is 4.79 Å². The minimum absolute atomic E-state index is 0.132. The van der Waals surface area contributed by atoms with E-state index in [1.165, 1.54) is 44.8 Å². The van der Waals surface area contributed by atoms with E-state index in [0.717, 1.165) is 4.31 Å². The molecule has 0 spiro atoms. The van der Waals surface area contributed by atoms with Crippen LogP contribution in [0.25, 0.3) is 11.1 Å². The Balaban J connectivity index is 1.80. The van der Waals surface area contributed by atoms with Crippen LogP contribution in [-0.2, 0) is 10.0 Å². The Morgan fingerprint density at radius 2 is 1.83 bits per heavy atom. The van der Waals surface area contributed by atoms with Crippen LogP contribution in [0.4, 0.5) is 5.69 Å². The zero-order valence-electron chi connectivity index (χ0n) is 13.1. The van der Waals surface area contributed by atoms with Crippen LogP contribution in [-0.4, -0.2) is 37.7 Å². The number of benzene rings is 2. The maximum absolute atomic E-state index is 12.3. The number of rotatable bonds is 4. The van der Waals surface area contributed by atoms with Crippen LogP contribution in [0.15, 0.2) is 58.2 Å². The lowest BCUT2D eigenvalue weighted by atomic mass is 10.2. The highest BCUT2D eigenvalue weighted by Gasteiger charge is 2.17. The standard InChI is InChI=1S/C16H15N3O4S/c1-19(2)24(21,22)13-6-3-11(4-7-13)16(20)18-12-5-8-14-15(9-12)23-10-17-14/h3-10H,1-2H3,(H,18,20). The van der Waals surface area contributed by atoms with E-state index in [9.17, 15) is 13.2 Å². The molecule has 0 saturated carbocycles. The first-order chi connectivity index (χ1) is 11.4. The Morgan fingerprint density at radius 1 is 1.12 bits per heavy atom. The number of hydrogen-bond acceptors (Lipinski definition) is 5. The second-order valence-corrected chi connectivity index (χ2v) is 7.45. The molecular weight excluding hydrogens is 330 g/mol. The topological polar surface area (TPSA) is 92.5 Å². The minimum Gasteiger partial charge on any atom is -0.443 e. The third-order valence-electron chi connectivity index (χ3n) is 3.48. The maximum atomic E-state index is 12.3. The predicted octanol–water partition coefficient (Wildman–Crippen LogP) is 2.33. The summed E-state index contributed by atoms with van der Waals surface area (Å²) in [6.45, 7) is 0. The molecule has 0 bridgehead atoms. The van der Waals surface area contributed by atoms with Gasteiger partial charge >= 0.3 is 0 Å². The van der Waals surface area contributed by atoms with Crippen LogP contribution in [0.2, 0.25) is 0 Å². The number of sulfonamides is 1. The average Bonchev–Trinajstić information content (AvgIpc) is 3.02. The van der Waals surface area contributed by atoms with E-state index in [1.54, 1.807) is 18.2 Å². The summed E-state index contributed by atoms with van der Waals surface area (Å²) >= 11 is 0. The van der Waals surface area contributed by atoms with Crippen molar-refractivity contribution in [3.63, 3.8) is 0 Å². The Labute approximate surface area is 139 Å². The van der Waals surface area contributed by atoms with Crippen LogP contribution in [0.3, 0.4) is 0 Å². The molecule has 124 valence electrons. The lowest BCUT2D eigenvalue weighted by Gasteiger charge is -2.11. The molecule has 0 aliphatic carbocycles. The zero-order chi connectivity index (χ0) is 17.3. The summed E-state index contributed by atoms with van der Waals surface area (Å²) in [6.07, 6.45) is 1.33. The molecule has 0 unspecified atom stereocenters. The van der Waals surface area contributed by atoms with Crippen molar-refractivity contribution in [2.24, 2.45) is 0 Å².